The number of esters is 1. The van der Waals surface area contributed by atoms with Gasteiger partial charge >= 0.3 is 5.97 Å². The summed E-state index contributed by atoms with van der Waals surface area (Å²) in [5.74, 6) is -0.531. The molecular formula is C4H5O3P. The van der Waals surface area contributed by atoms with Gasteiger partial charge in [0, 0.05) is 0 Å². The molecule has 0 radical (unpaired) electrons. The fourth-order valence-corrected chi connectivity index (χ4v) is 0.363. The third-order valence-electron chi connectivity index (χ3n) is 0.408. The second-order valence-corrected chi connectivity index (χ2v) is 1.52. The van der Waals surface area contributed by atoms with Crippen LogP contribution in [0.1, 0.15) is 0 Å². The second-order valence-electron chi connectivity index (χ2n) is 0.944. The molecule has 0 fully saturated rings. The van der Waals surface area contributed by atoms with E-state index in [2.05, 4.69) is 11.3 Å². The summed E-state index contributed by atoms with van der Waals surface area (Å²) < 4.78 is 13.9. The van der Waals surface area contributed by atoms with E-state index in [-0.39, 0.29) is 14.6 Å². The monoisotopic (exact) mass is 132 g/mol. The highest BCUT2D eigenvalue weighted by Crippen LogP contribution is 1.91. The largest absolute Gasteiger partial charge is 0.435 e. The predicted molar refractivity (Wildman–Crippen MR) is 28.8 cm³/mol. The summed E-state index contributed by atoms with van der Waals surface area (Å²) in [6.45, 7) is 3.13. The normalized spacial score (nSPS) is 8.50. The Balaban J connectivity index is 3.32. The van der Waals surface area contributed by atoms with Crippen LogP contribution < -0.4 is 0 Å². The number of carbonyl (C=O) groups excluding carboxylic acids is 1. The Bertz CT molecular complexity index is 97.9. The Kier molecular flexibility index (Phi) is 4.08. The molecule has 0 N–H and O–H groups in total. The van der Waals surface area contributed by atoms with Crippen LogP contribution in [0.4, 0.5) is 0 Å². The lowest BCUT2D eigenvalue weighted by atomic mass is 10.8. The summed E-state index contributed by atoms with van der Waals surface area (Å²) in [6, 6.07) is 0. The van der Waals surface area contributed by atoms with E-state index < -0.39 is 5.97 Å². The van der Waals surface area contributed by atoms with Crippen molar-refractivity contribution in [3.63, 3.8) is 0 Å². The standard InChI is InChI=1S/C4H5O3P/c1-2-7-4(5)3-8-6/h2H,1,3H2. The van der Waals surface area contributed by atoms with Crippen molar-refractivity contribution in [2.45, 2.75) is 0 Å². The van der Waals surface area contributed by atoms with E-state index in [0.717, 1.165) is 6.26 Å². The predicted octanol–water partition coefficient (Wildman–Crippen LogP) is 0.965. The summed E-state index contributed by atoms with van der Waals surface area (Å²) in [5.41, 5.74) is 0. The number of hydrogen-bond acceptors (Lipinski definition) is 3. The van der Waals surface area contributed by atoms with Crippen LogP contribution in [0.2, 0.25) is 0 Å². The fourth-order valence-electron chi connectivity index (χ4n) is 0.183. The fraction of sp³-hybridized carbons (Fsp3) is 0.250. The molecule has 0 aliphatic heterocycles. The second kappa shape index (κ2) is 4.47. The van der Waals surface area contributed by atoms with Crippen molar-refractivity contribution in [3.05, 3.63) is 12.8 Å². The summed E-state index contributed by atoms with van der Waals surface area (Å²) >= 11 is 0. The quantitative estimate of drug-likeness (QED) is 0.326. The highest BCUT2D eigenvalue weighted by Gasteiger charge is 1.96. The Morgan fingerprint density at radius 1 is 1.88 bits per heavy atom. The SMILES string of the molecule is C=COC(=O)CP=O. The maximum Gasteiger partial charge on any atom is 0.322 e. The van der Waals surface area contributed by atoms with E-state index in [0.29, 0.717) is 0 Å². The smallest absolute Gasteiger partial charge is 0.322 e. The number of carbonyl (C=O) groups is 1. The molecule has 0 saturated carbocycles. The van der Waals surface area contributed by atoms with Crippen LogP contribution in [0.25, 0.3) is 0 Å². The third-order valence-corrected chi connectivity index (χ3v) is 0.796. The molecule has 0 unspecified atom stereocenters. The lowest BCUT2D eigenvalue weighted by molar-refractivity contribution is -0.134. The van der Waals surface area contributed by atoms with Gasteiger partial charge in [-0.2, -0.15) is 0 Å². The van der Waals surface area contributed by atoms with Gasteiger partial charge in [0.1, 0.15) is 6.16 Å². The maximum atomic E-state index is 10.1. The van der Waals surface area contributed by atoms with Crippen molar-refractivity contribution in [3.8, 4) is 0 Å². The first-order chi connectivity index (χ1) is 3.81. The highest BCUT2D eigenvalue weighted by atomic mass is 31.1. The number of ether oxygens (including phenoxy) is 1. The molecule has 0 atom stereocenters. The molecule has 0 aromatic rings. The molecule has 44 valence electrons. The van der Waals surface area contributed by atoms with Gasteiger partial charge in [0.05, 0.1) is 6.26 Å². The van der Waals surface area contributed by atoms with Crippen LogP contribution in [0.3, 0.4) is 0 Å². The van der Waals surface area contributed by atoms with Gasteiger partial charge in [0.15, 0.2) is 8.46 Å². The van der Waals surface area contributed by atoms with Crippen LogP contribution in [0.5, 0.6) is 0 Å². The lowest BCUT2D eigenvalue weighted by Crippen LogP contribution is -1.98. The molecule has 0 aliphatic carbocycles. The molecule has 0 bridgehead atoms. The Labute approximate surface area is 48.5 Å². The Morgan fingerprint density at radius 2 is 2.50 bits per heavy atom. The van der Waals surface area contributed by atoms with Gasteiger partial charge < -0.3 is 4.74 Å². The van der Waals surface area contributed by atoms with Crippen molar-refractivity contribution >= 4 is 14.4 Å². The molecule has 0 saturated heterocycles. The maximum absolute atomic E-state index is 10.1. The molecule has 0 spiro atoms. The van der Waals surface area contributed by atoms with Crippen molar-refractivity contribution in [1.82, 2.24) is 0 Å². The minimum absolute atomic E-state index is 0.105. The van der Waals surface area contributed by atoms with Crippen LogP contribution in [-0.4, -0.2) is 12.1 Å². The molecule has 0 rings (SSSR count). The summed E-state index contributed by atoms with van der Waals surface area (Å²) in [6.07, 6.45) is 0.902. The zero-order chi connectivity index (χ0) is 6.41. The average Bonchev–Trinajstić information content (AvgIpc) is 1.68. The summed E-state index contributed by atoms with van der Waals surface area (Å²) in [4.78, 5) is 10.1. The molecule has 8 heavy (non-hydrogen) atoms. The van der Waals surface area contributed by atoms with Crippen LogP contribution in [-0.2, 0) is 14.1 Å². The van der Waals surface area contributed by atoms with Crippen molar-refractivity contribution < 1.29 is 14.1 Å². The molecular weight excluding hydrogens is 127 g/mol. The molecule has 3 nitrogen and oxygen atoms in total. The van der Waals surface area contributed by atoms with Crippen molar-refractivity contribution in [2.24, 2.45) is 0 Å². The van der Waals surface area contributed by atoms with Gasteiger partial charge in [-0.3, -0.25) is 9.36 Å². The van der Waals surface area contributed by atoms with Gasteiger partial charge in [-0.15, -0.1) is 0 Å². The van der Waals surface area contributed by atoms with E-state index in [1.807, 2.05) is 0 Å². The zero-order valence-electron chi connectivity index (χ0n) is 4.16. The Hall–Kier alpha value is -0.690. The molecule has 4 heteroatoms. The van der Waals surface area contributed by atoms with E-state index in [4.69, 9.17) is 0 Å². The van der Waals surface area contributed by atoms with Crippen LogP contribution in [0, 0.1) is 0 Å². The first kappa shape index (κ1) is 7.31. The van der Waals surface area contributed by atoms with E-state index in [1.165, 1.54) is 0 Å². The highest BCUT2D eigenvalue weighted by molar-refractivity contribution is 7.25. The zero-order valence-corrected chi connectivity index (χ0v) is 5.06. The van der Waals surface area contributed by atoms with E-state index in [1.54, 1.807) is 0 Å². The minimum Gasteiger partial charge on any atom is -0.435 e. The van der Waals surface area contributed by atoms with Crippen LogP contribution >= 0.6 is 8.46 Å². The number of hydrogen-bond donors (Lipinski definition) is 0. The summed E-state index contributed by atoms with van der Waals surface area (Å²) in [5, 5.41) is 0. The van der Waals surface area contributed by atoms with Crippen molar-refractivity contribution in [2.75, 3.05) is 6.16 Å². The lowest BCUT2D eigenvalue weighted by Gasteiger charge is -1.87. The number of rotatable bonds is 3. The third kappa shape index (κ3) is 3.50. The van der Waals surface area contributed by atoms with E-state index >= 15 is 0 Å². The van der Waals surface area contributed by atoms with Gasteiger partial charge in [0.25, 0.3) is 0 Å². The van der Waals surface area contributed by atoms with Gasteiger partial charge in [-0.05, 0) is 0 Å². The first-order valence-corrected chi connectivity index (χ1v) is 2.90. The average molecular weight is 132 g/mol. The molecule has 0 heterocycles. The molecule has 0 aliphatic rings. The van der Waals surface area contributed by atoms with Gasteiger partial charge in [-0.25, -0.2) is 0 Å². The first-order valence-electron chi connectivity index (χ1n) is 1.90. The molecule has 0 aromatic heterocycles. The van der Waals surface area contributed by atoms with Gasteiger partial charge in [-0.1, -0.05) is 6.58 Å². The van der Waals surface area contributed by atoms with Crippen LogP contribution in [0.15, 0.2) is 12.8 Å². The summed E-state index contributed by atoms with van der Waals surface area (Å²) in [7, 11) is -0.224. The van der Waals surface area contributed by atoms with Crippen molar-refractivity contribution in [1.29, 1.82) is 0 Å². The molecule has 0 aromatic carbocycles. The minimum atomic E-state index is -0.531. The van der Waals surface area contributed by atoms with Gasteiger partial charge in [0.2, 0.25) is 0 Å². The van der Waals surface area contributed by atoms with E-state index in [9.17, 15) is 9.36 Å². The molecule has 0 amide bonds. The topological polar surface area (TPSA) is 43.4 Å². The Morgan fingerprint density at radius 3 is 2.88 bits per heavy atom.